The third kappa shape index (κ3) is 46.8. The van der Waals surface area contributed by atoms with Gasteiger partial charge >= 0.3 is 29.6 Å². The van der Waals surface area contributed by atoms with E-state index in [1.165, 1.54) is 75.3 Å². The van der Waals surface area contributed by atoms with Crippen molar-refractivity contribution in [3.8, 4) is 11.5 Å². The Morgan fingerprint density at radius 1 is 0.315 bits per heavy atom. The van der Waals surface area contributed by atoms with Gasteiger partial charge in [0.1, 0.15) is 54.1 Å². The van der Waals surface area contributed by atoms with E-state index in [4.69, 9.17) is 0 Å². The van der Waals surface area contributed by atoms with Crippen molar-refractivity contribution < 1.29 is 112 Å². The number of amides is 12. The number of rotatable bonds is 68. The van der Waals surface area contributed by atoms with Gasteiger partial charge in [0.2, 0.25) is 70.9 Å². The number of nitrogens with one attached hydrogen (secondary N) is 12. The highest BCUT2D eigenvalue weighted by Gasteiger charge is 2.35. The second kappa shape index (κ2) is 61.7. The maximum absolute atomic E-state index is 15.1. The predicted octanol–water partition coefficient (Wildman–Crippen LogP) is 6.48. The molecule has 8 atom stereocenters. The number of phenols is 2. The average molecular weight is 1780 g/mol. The van der Waals surface area contributed by atoms with Gasteiger partial charge in [0.25, 0.3) is 0 Å². The molecule has 4 aromatic rings. The predicted molar refractivity (Wildman–Crippen MR) is 468 cm³/mol. The minimum Gasteiger partial charge on any atom is -0.508 e. The maximum atomic E-state index is 15.1. The molecule has 0 aliphatic heterocycles. The number of carboxylic acid groups (broad SMARTS) is 4. The summed E-state index contributed by atoms with van der Waals surface area (Å²) >= 11 is 0. The molecule has 127 heavy (non-hydrogen) atoms. The minimum absolute atomic E-state index is 0.0231. The Hall–Kier alpha value is -12.6. The van der Waals surface area contributed by atoms with E-state index in [0.717, 1.165) is 76.3 Å². The van der Waals surface area contributed by atoms with Crippen molar-refractivity contribution in [2.45, 2.75) is 293 Å². The van der Waals surface area contributed by atoms with Crippen molar-refractivity contribution in [3.05, 3.63) is 135 Å². The van der Waals surface area contributed by atoms with Crippen LogP contribution in [0.15, 0.2) is 103 Å². The molecule has 0 bridgehead atoms. The van der Waals surface area contributed by atoms with Crippen LogP contribution in [0.2, 0.25) is 0 Å². The quantitative estimate of drug-likeness (QED) is 0.0128. The van der Waals surface area contributed by atoms with Gasteiger partial charge in [0.15, 0.2) is 5.75 Å². The summed E-state index contributed by atoms with van der Waals surface area (Å²) in [7, 11) is 0. The van der Waals surface area contributed by atoms with Gasteiger partial charge < -0.3 is 94.4 Å². The van der Waals surface area contributed by atoms with Crippen LogP contribution in [-0.2, 0) is 102 Å². The molecule has 0 spiro atoms. The van der Waals surface area contributed by atoms with Gasteiger partial charge in [-0.3, -0.25) is 82.0 Å². The maximum Gasteiger partial charge on any atom is 0.326 e. The minimum atomic E-state index is -1.94. The largest absolute Gasteiger partial charge is 0.508 e. The molecule has 4 rings (SSSR count). The molecule has 0 saturated carbocycles. The Morgan fingerprint density at radius 2 is 0.646 bits per heavy atom. The Bertz CT molecular complexity index is 4180. The van der Waals surface area contributed by atoms with E-state index in [0.29, 0.717) is 48.9 Å². The standard InChI is InChI=1S/C90H129N13O24/c1-3-5-7-9-11-13-15-17-25-37-75(106)91-51-29-27-35-65(95-76(107)38-26-18-16-14-12-10-8-6-4-2)85(119)101-71(53-60-31-21-19-22-32-60)89(123)102-72(54-61-33-23-20-24-34-61)88(122)100-70(55-62-39-42-64(104)43-40-62)84(118)94-58-78(109)96-67(45-49-81(113)114)86(120)99-68(46-50-82(115)116)87(121)98-66(44-48-80(111)112)83(117)93-59-79(110)97-69(90(124)125)36-28-30-52-92-77(108)57-63-41-47-74(105)73(56-63)103(126)127/h19-24,31-34,39-43,47,56,65-72,104-105H,3-18,25-30,35-38,44-46,48-55,57-59H2,1-2H3,(H,91,106)(H,92,108)(H,93,117)(H,94,118)(H,95,107)(H,96,109)(H,97,110)(H,98,121)(H,99,120)(H,100,122)(H,101,119)(H,102,123)(H,111,112)(H,113,114)(H,115,116)(H,124,125)/t65-,66-,67-,68-,69-,70-,71-,72-/m0/s1. The highest BCUT2D eigenvalue weighted by atomic mass is 16.6. The second-order valence-electron chi connectivity index (χ2n) is 31.6. The lowest BCUT2D eigenvalue weighted by Gasteiger charge is -2.27. The van der Waals surface area contributed by atoms with Gasteiger partial charge in [-0.2, -0.15) is 0 Å². The van der Waals surface area contributed by atoms with Crippen LogP contribution in [0.5, 0.6) is 11.5 Å². The Morgan fingerprint density at radius 3 is 1.07 bits per heavy atom. The molecule has 12 amide bonds. The van der Waals surface area contributed by atoms with Gasteiger partial charge in [0.05, 0.1) is 24.4 Å². The van der Waals surface area contributed by atoms with E-state index in [2.05, 4.69) is 77.6 Å². The molecular weight excluding hydrogens is 1650 g/mol. The number of nitro groups is 1. The van der Waals surface area contributed by atoms with Gasteiger partial charge in [0, 0.05) is 70.5 Å². The Labute approximate surface area is 739 Å². The summed E-state index contributed by atoms with van der Waals surface area (Å²) in [5.74, 6) is -17.3. The van der Waals surface area contributed by atoms with Crippen LogP contribution in [0.25, 0.3) is 0 Å². The second-order valence-corrected chi connectivity index (χ2v) is 31.6. The zero-order chi connectivity index (χ0) is 93.3. The van der Waals surface area contributed by atoms with E-state index < -0.39 is 199 Å². The van der Waals surface area contributed by atoms with Crippen LogP contribution in [0, 0.1) is 10.1 Å². The summed E-state index contributed by atoms with van der Waals surface area (Å²) in [5, 5.41) is 100. The summed E-state index contributed by atoms with van der Waals surface area (Å²) in [6.07, 6.45) is 15.3. The van der Waals surface area contributed by atoms with Crippen LogP contribution in [-0.4, -0.2) is 205 Å². The van der Waals surface area contributed by atoms with Crippen LogP contribution in [0.4, 0.5) is 5.69 Å². The first kappa shape index (κ1) is 107. The van der Waals surface area contributed by atoms with Crippen molar-refractivity contribution in [1.29, 1.82) is 0 Å². The molecule has 4 aromatic carbocycles. The van der Waals surface area contributed by atoms with E-state index in [-0.39, 0.29) is 87.5 Å². The molecular formula is C90H129N13O24. The Kier molecular flexibility index (Phi) is 51.8. The highest BCUT2D eigenvalue weighted by molar-refractivity contribution is 5.99. The fourth-order valence-electron chi connectivity index (χ4n) is 13.8. The molecule has 0 unspecified atom stereocenters. The fourth-order valence-corrected chi connectivity index (χ4v) is 13.8. The van der Waals surface area contributed by atoms with E-state index >= 15 is 9.59 Å². The number of carboxylic acids is 4. The number of benzene rings is 4. The number of hydrogen-bond acceptors (Lipinski definition) is 20. The zero-order valence-corrected chi connectivity index (χ0v) is 72.7. The average Bonchev–Trinajstić information content (AvgIpc) is 0.851. The van der Waals surface area contributed by atoms with Crippen molar-refractivity contribution >= 4 is 100 Å². The molecule has 0 aromatic heterocycles. The van der Waals surface area contributed by atoms with Crippen molar-refractivity contribution in [2.75, 3.05) is 26.2 Å². The number of phenolic OH excluding ortho intramolecular Hbond substituents is 2. The van der Waals surface area contributed by atoms with E-state index in [1.807, 2.05) is 0 Å². The van der Waals surface area contributed by atoms with Gasteiger partial charge in [-0.05, 0) is 111 Å². The molecule has 0 fully saturated rings. The van der Waals surface area contributed by atoms with Crippen molar-refractivity contribution in [3.63, 3.8) is 0 Å². The van der Waals surface area contributed by atoms with Gasteiger partial charge in [-0.25, -0.2) is 4.79 Å². The molecule has 0 radical (unpaired) electrons. The molecule has 698 valence electrons. The van der Waals surface area contributed by atoms with Crippen LogP contribution in [0.3, 0.4) is 0 Å². The summed E-state index contributed by atoms with van der Waals surface area (Å²) in [5.41, 5.74) is 1.12. The molecule has 18 N–H and O–H groups in total. The first-order chi connectivity index (χ1) is 60.8. The third-order valence-corrected chi connectivity index (χ3v) is 20.9. The number of unbranched alkanes of at least 4 members (excludes halogenated alkanes) is 18. The molecule has 0 aliphatic carbocycles. The fraction of sp³-hybridized carbons (Fsp3) is 0.556. The first-order valence-electron chi connectivity index (χ1n) is 44.0. The van der Waals surface area contributed by atoms with Crippen LogP contribution >= 0.6 is 0 Å². The summed E-state index contributed by atoms with van der Waals surface area (Å²) in [6, 6.07) is 13.2. The number of carbonyl (C=O) groups excluding carboxylic acids is 12. The number of aromatic hydroxyl groups is 2. The Balaban J connectivity index is 1.52. The van der Waals surface area contributed by atoms with E-state index in [9.17, 15) is 108 Å². The smallest absolute Gasteiger partial charge is 0.326 e. The lowest BCUT2D eigenvalue weighted by Crippen LogP contribution is -2.60. The van der Waals surface area contributed by atoms with Crippen molar-refractivity contribution in [1.82, 2.24) is 63.8 Å². The highest BCUT2D eigenvalue weighted by Crippen LogP contribution is 2.27. The first-order valence-corrected chi connectivity index (χ1v) is 44.0. The molecule has 0 heterocycles. The van der Waals surface area contributed by atoms with Gasteiger partial charge in [-0.15, -0.1) is 0 Å². The van der Waals surface area contributed by atoms with Crippen LogP contribution < -0.4 is 63.8 Å². The lowest BCUT2D eigenvalue weighted by atomic mass is 10.0. The molecule has 0 saturated heterocycles. The normalized spacial score (nSPS) is 12.8. The SMILES string of the molecule is CCCCCCCCCCCC(=O)NCCCC[C@H](NC(=O)CCCCCCCCCCC)C(=O)N[C@@H](Cc1ccccc1)C(=O)N[C@@H](Cc1ccccc1)C(=O)N[C@@H](Cc1ccc(O)cc1)C(=O)NCC(=O)N[C@@H](CCC(=O)O)C(=O)N[C@@H](CCC(=O)O)C(=O)N[C@@H](CCC(=O)O)C(=O)NCC(=O)N[C@@H](CCCCNC(=O)Cc1ccc(O)c([N+](=O)[O-])c1)C(=O)O. The number of nitrogens with zero attached hydrogens (tertiary/aromatic N) is 1. The zero-order valence-electron chi connectivity index (χ0n) is 72.7. The summed E-state index contributed by atoms with van der Waals surface area (Å²) < 4.78 is 0. The van der Waals surface area contributed by atoms with Crippen molar-refractivity contribution in [2.24, 2.45) is 0 Å². The number of nitro benzene ring substituents is 1. The molecule has 37 heteroatoms. The van der Waals surface area contributed by atoms with Gasteiger partial charge in [-0.1, -0.05) is 195 Å². The molecule has 37 nitrogen and oxygen atoms in total. The number of hydrogen-bond donors (Lipinski definition) is 18. The third-order valence-electron chi connectivity index (χ3n) is 20.9. The van der Waals surface area contributed by atoms with E-state index in [1.54, 1.807) is 60.7 Å². The molecule has 0 aliphatic rings. The monoisotopic (exact) mass is 1780 g/mol. The lowest BCUT2D eigenvalue weighted by molar-refractivity contribution is -0.385. The number of carbonyl (C=O) groups is 16. The van der Waals surface area contributed by atoms with Crippen LogP contribution in [0.1, 0.15) is 242 Å². The number of aliphatic carboxylic acids is 4. The summed E-state index contributed by atoms with van der Waals surface area (Å²) in [4.78, 5) is 226. The summed E-state index contributed by atoms with van der Waals surface area (Å²) in [6.45, 7) is 2.76. The topological polar surface area (TPSA) is 582 Å².